The molecule has 0 heterocycles. The van der Waals surface area contributed by atoms with E-state index < -0.39 is 12.1 Å². The molecule has 1 atom stereocenters. The van der Waals surface area contributed by atoms with E-state index >= 15 is 0 Å². The molecule has 1 fully saturated rings. The van der Waals surface area contributed by atoms with E-state index in [1.807, 2.05) is 13.8 Å². The van der Waals surface area contributed by atoms with Gasteiger partial charge in [0.1, 0.15) is 6.10 Å². The van der Waals surface area contributed by atoms with Gasteiger partial charge in [0.15, 0.2) is 0 Å². The number of carbonyl (C=O) groups is 2. The van der Waals surface area contributed by atoms with E-state index in [0.29, 0.717) is 0 Å². The molecule has 0 aromatic carbocycles. The van der Waals surface area contributed by atoms with Crippen molar-refractivity contribution in [2.45, 2.75) is 58.5 Å². The van der Waals surface area contributed by atoms with E-state index in [1.165, 1.54) is 6.42 Å². The Morgan fingerprint density at radius 3 is 2.29 bits per heavy atom. The lowest BCUT2D eigenvalue weighted by atomic mass is 9.89. The highest BCUT2D eigenvalue weighted by molar-refractivity contribution is 5.73. The maximum atomic E-state index is 11.9. The van der Waals surface area contributed by atoms with E-state index in [-0.39, 0.29) is 24.2 Å². The molecule has 1 N–H and O–H groups in total. The summed E-state index contributed by atoms with van der Waals surface area (Å²) in [5.41, 5.74) is 0. The first-order valence-corrected chi connectivity index (χ1v) is 6.43. The highest BCUT2D eigenvalue weighted by atomic mass is 16.5. The molecule has 0 radical (unpaired) electrons. The van der Waals surface area contributed by atoms with Crippen LogP contribution in [0.5, 0.6) is 0 Å². The SMILES string of the molecule is CC(C)C(CC(=O)O)OC(=O)C1CCCCC1. The molecule has 1 aliphatic rings. The van der Waals surface area contributed by atoms with Crippen molar-refractivity contribution < 1.29 is 19.4 Å². The number of esters is 1. The van der Waals surface area contributed by atoms with Crippen molar-refractivity contribution in [3.8, 4) is 0 Å². The molecule has 0 aromatic heterocycles. The van der Waals surface area contributed by atoms with Gasteiger partial charge in [0, 0.05) is 0 Å². The summed E-state index contributed by atoms with van der Waals surface area (Å²) in [5.74, 6) is -1.10. The number of carbonyl (C=O) groups excluding carboxylic acids is 1. The molecule has 4 heteroatoms. The maximum absolute atomic E-state index is 11.9. The van der Waals surface area contributed by atoms with Crippen LogP contribution in [0.4, 0.5) is 0 Å². The lowest BCUT2D eigenvalue weighted by Gasteiger charge is -2.25. The zero-order chi connectivity index (χ0) is 12.8. The zero-order valence-corrected chi connectivity index (χ0v) is 10.6. The number of carboxylic acid groups (broad SMARTS) is 1. The highest BCUT2D eigenvalue weighted by Crippen LogP contribution is 2.26. The molecule has 0 saturated heterocycles. The summed E-state index contributed by atoms with van der Waals surface area (Å²) >= 11 is 0. The molecule has 98 valence electrons. The Hall–Kier alpha value is -1.06. The van der Waals surface area contributed by atoms with Gasteiger partial charge in [0.2, 0.25) is 0 Å². The molecule has 4 nitrogen and oxygen atoms in total. The van der Waals surface area contributed by atoms with Gasteiger partial charge in [-0.1, -0.05) is 33.1 Å². The lowest BCUT2D eigenvalue weighted by Crippen LogP contribution is -2.30. The third kappa shape index (κ3) is 4.75. The second kappa shape index (κ2) is 6.62. The largest absolute Gasteiger partial charge is 0.481 e. The highest BCUT2D eigenvalue weighted by Gasteiger charge is 2.27. The summed E-state index contributed by atoms with van der Waals surface area (Å²) in [6, 6.07) is 0. The molecule has 1 aliphatic carbocycles. The summed E-state index contributed by atoms with van der Waals surface area (Å²) in [4.78, 5) is 22.6. The Bertz CT molecular complexity index is 267. The van der Waals surface area contributed by atoms with E-state index in [2.05, 4.69) is 0 Å². The average molecular weight is 242 g/mol. The summed E-state index contributed by atoms with van der Waals surface area (Å²) in [5, 5.41) is 8.76. The van der Waals surface area contributed by atoms with Gasteiger partial charge >= 0.3 is 11.9 Å². The minimum Gasteiger partial charge on any atom is -0.481 e. The standard InChI is InChI=1S/C13H22O4/c1-9(2)11(8-12(14)15)17-13(16)10-6-4-3-5-7-10/h9-11H,3-8H2,1-2H3,(H,14,15). The molecule has 1 saturated carbocycles. The van der Waals surface area contributed by atoms with Crippen LogP contribution in [0.1, 0.15) is 52.4 Å². The van der Waals surface area contributed by atoms with Gasteiger partial charge in [-0.25, -0.2) is 0 Å². The number of hydrogen-bond donors (Lipinski definition) is 1. The van der Waals surface area contributed by atoms with Crippen LogP contribution < -0.4 is 0 Å². The minimum atomic E-state index is -0.917. The molecule has 0 amide bonds. The Kier molecular flexibility index (Phi) is 5.45. The van der Waals surface area contributed by atoms with Crippen LogP contribution in [-0.2, 0) is 14.3 Å². The normalized spacial score (nSPS) is 19.0. The monoisotopic (exact) mass is 242 g/mol. The van der Waals surface area contributed by atoms with Gasteiger partial charge in [-0.3, -0.25) is 9.59 Å². The Balaban J connectivity index is 2.47. The Labute approximate surface area is 102 Å². The minimum absolute atomic E-state index is 0.0150. The van der Waals surface area contributed by atoms with Gasteiger partial charge in [-0.2, -0.15) is 0 Å². The van der Waals surface area contributed by atoms with Crippen LogP contribution in [0.3, 0.4) is 0 Å². The van der Waals surface area contributed by atoms with Crippen LogP contribution in [0.2, 0.25) is 0 Å². The molecule has 0 spiro atoms. The van der Waals surface area contributed by atoms with Crippen molar-refractivity contribution in [3.05, 3.63) is 0 Å². The van der Waals surface area contributed by atoms with Crippen molar-refractivity contribution in [2.24, 2.45) is 11.8 Å². The van der Waals surface area contributed by atoms with Gasteiger partial charge < -0.3 is 9.84 Å². The van der Waals surface area contributed by atoms with Crippen molar-refractivity contribution >= 4 is 11.9 Å². The number of aliphatic carboxylic acids is 1. The van der Waals surface area contributed by atoms with Crippen molar-refractivity contribution in [1.29, 1.82) is 0 Å². The smallest absolute Gasteiger partial charge is 0.309 e. The first-order chi connectivity index (χ1) is 8.00. The molecular formula is C13H22O4. The average Bonchev–Trinajstić information content (AvgIpc) is 2.28. The fraction of sp³-hybridized carbons (Fsp3) is 0.846. The summed E-state index contributed by atoms with van der Waals surface area (Å²) in [7, 11) is 0. The van der Waals surface area contributed by atoms with Crippen LogP contribution in [0.15, 0.2) is 0 Å². The number of carboxylic acids is 1. The molecule has 17 heavy (non-hydrogen) atoms. The molecule has 1 rings (SSSR count). The van der Waals surface area contributed by atoms with Gasteiger partial charge in [-0.15, -0.1) is 0 Å². The van der Waals surface area contributed by atoms with Gasteiger partial charge in [-0.05, 0) is 18.8 Å². The van der Waals surface area contributed by atoms with E-state index in [0.717, 1.165) is 25.7 Å². The first-order valence-electron chi connectivity index (χ1n) is 6.43. The van der Waals surface area contributed by atoms with E-state index in [9.17, 15) is 9.59 Å². The van der Waals surface area contributed by atoms with Crippen LogP contribution >= 0.6 is 0 Å². The topological polar surface area (TPSA) is 63.6 Å². The van der Waals surface area contributed by atoms with Gasteiger partial charge in [0.25, 0.3) is 0 Å². The summed E-state index contributed by atoms with van der Waals surface area (Å²) < 4.78 is 5.34. The molecule has 1 unspecified atom stereocenters. The van der Waals surface area contributed by atoms with Crippen molar-refractivity contribution in [1.82, 2.24) is 0 Å². The molecule has 0 aromatic rings. The third-order valence-electron chi connectivity index (χ3n) is 3.33. The van der Waals surface area contributed by atoms with Crippen LogP contribution in [0.25, 0.3) is 0 Å². The second-order valence-electron chi connectivity index (χ2n) is 5.15. The lowest BCUT2D eigenvalue weighted by molar-refractivity contribution is -0.160. The van der Waals surface area contributed by atoms with E-state index in [4.69, 9.17) is 9.84 Å². The van der Waals surface area contributed by atoms with Crippen molar-refractivity contribution in [2.75, 3.05) is 0 Å². The number of hydrogen-bond acceptors (Lipinski definition) is 3. The van der Waals surface area contributed by atoms with Crippen LogP contribution in [0, 0.1) is 11.8 Å². The predicted octanol–water partition coefficient (Wildman–Crippen LogP) is 2.61. The maximum Gasteiger partial charge on any atom is 0.309 e. The summed E-state index contributed by atoms with van der Waals surface area (Å²) in [6.45, 7) is 3.75. The predicted molar refractivity (Wildman–Crippen MR) is 63.5 cm³/mol. The molecule has 0 aliphatic heterocycles. The second-order valence-corrected chi connectivity index (χ2v) is 5.15. The number of ether oxygens (including phenoxy) is 1. The van der Waals surface area contributed by atoms with Crippen LogP contribution in [-0.4, -0.2) is 23.1 Å². The van der Waals surface area contributed by atoms with E-state index in [1.54, 1.807) is 0 Å². The molecule has 0 bridgehead atoms. The Morgan fingerprint density at radius 2 is 1.82 bits per heavy atom. The fourth-order valence-corrected chi connectivity index (χ4v) is 2.17. The quantitative estimate of drug-likeness (QED) is 0.753. The molecular weight excluding hydrogens is 220 g/mol. The third-order valence-corrected chi connectivity index (χ3v) is 3.33. The summed E-state index contributed by atoms with van der Waals surface area (Å²) in [6.07, 6.45) is 4.51. The number of rotatable bonds is 5. The van der Waals surface area contributed by atoms with Crippen molar-refractivity contribution in [3.63, 3.8) is 0 Å². The first kappa shape index (κ1) is 14.0. The fourth-order valence-electron chi connectivity index (χ4n) is 2.17. The zero-order valence-electron chi connectivity index (χ0n) is 10.6. The van der Waals surface area contributed by atoms with Gasteiger partial charge in [0.05, 0.1) is 12.3 Å². The Morgan fingerprint density at radius 1 is 1.24 bits per heavy atom.